The monoisotopic (exact) mass is 576 g/mol. The van der Waals surface area contributed by atoms with Gasteiger partial charge in [0, 0.05) is 20.2 Å². The summed E-state index contributed by atoms with van der Waals surface area (Å²) >= 11 is 1.89. The second-order valence-corrected chi connectivity index (χ2v) is 12.7. The predicted octanol–water partition coefficient (Wildman–Crippen LogP) is 11.8. The van der Waals surface area contributed by atoms with E-state index < -0.39 is 5.41 Å². The lowest BCUT2D eigenvalue weighted by Crippen LogP contribution is -2.28. The molecule has 8 aromatic rings. The lowest BCUT2D eigenvalue weighted by molar-refractivity contribution is 0.769. The van der Waals surface area contributed by atoms with Crippen LogP contribution < -0.4 is 0 Å². The number of hydrogen-bond acceptors (Lipinski definition) is 1. The minimum atomic E-state index is -0.430. The fourth-order valence-corrected chi connectivity index (χ4v) is 8.70. The molecule has 0 bridgehead atoms. The normalized spacial score (nSPS) is 13.2. The van der Waals surface area contributed by atoms with E-state index in [4.69, 9.17) is 0 Å². The molecular weight excluding hydrogens is 549 g/mol. The van der Waals surface area contributed by atoms with Crippen molar-refractivity contribution >= 4 is 31.5 Å². The van der Waals surface area contributed by atoms with E-state index in [1.54, 1.807) is 0 Å². The summed E-state index contributed by atoms with van der Waals surface area (Å²) in [6.07, 6.45) is 0. The van der Waals surface area contributed by atoms with Crippen molar-refractivity contribution in [1.29, 1.82) is 0 Å². The Morgan fingerprint density at radius 2 is 0.955 bits per heavy atom. The van der Waals surface area contributed by atoms with Crippen molar-refractivity contribution in [1.82, 2.24) is 0 Å². The van der Waals surface area contributed by atoms with Crippen molar-refractivity contribution < 1.29 is 0 Å². The van der Waals surface area contributed by atoms with E-state index in [0.717, 1.165) is 0 Å². The first-order chi connectivity index (χ1) is 21.8. The fourth-order valence-electron chi connectivity index (χ4n) is 7.46. The molecule has 1 heteroatoms. The van der Waals surface area contributed by atoms with Crippen LogP contribution in [0.1, 0.15) is 22.3 Å². The summed E-state index contributed by atoms with van der Waals surface area (Å²) in [4.78, 5) is 0. The lowest BCUT2D eigenvalue weighted by atomic mass is 9.67. The summed E-state index contributed by atoms with van der Waals surface area (Å²) in [5.41, 5.74) is 12.5. The summed E-state index contributed by atoms with van der Waals surface area (Å²) in [6, 6.07) is 62.7. The van der Waals surface area contributed by atoms with Gasteiger partial charge in [0.05, 0.1) is 5.41 Å². The lowest BCUT2D eigenvalue weighted by Gasteiger charge is -2.34. The van der Waals surface area contributed by atoms with Crippen LogP contribution in [0, 0.1) is 0 Å². The molecule has 0 amide bonds. The van der Waals surface area contributed by atoms with Crippen LogP contribution in [0.5, 0.6) is 0 Å². The highest BCUT2D eigenvalue weighted by Crippen LogP contribution is 2.56. The van der Waals surface area contributed by atoms with Gasteiger partial charge in [0.25, 0.3) is 0 Å². The molecule has 0 unspecified atom stereocenters. The molecule has 7 aromatic carbocycles. The Morgan fingerprint density at radius 3 is 1.73 bits per heavy atom. The van der Waals surface area contributed by atoms with Gasteiger partial charge in [-0.1, -0.05) is 158 Å². The Morgan fingerprint density at radius 1 is 0.364 bits per heavy atom. The Balaban J connectivity index is 1.28. The third-order valence-corrected chi connectivity index (χ3v) is 10.6. The summed E-state index contributed by atoms with van der Waals surface area (Å²) in [5, 5.41) is 2.67. The fraction of sp³-hybridized carbons (Fsp3) is 0.0233. The minimum absolute atomic E-state index is 0.430. The third-order valence-electron chi connectivity index (χ3n) is 9.39. The summed E-state index contributed by atoms with van der Waals surface area (Å²) in [6.45, 7) is 0. The maximum absolute atomic E-state index is 2.40. The number of benzene rings is 7. The van der Waals surface area contributed by atoms with Crippen LogP contribution in [-0.4, -0.2) is 0 Å². The topological polar surface area (TPSA) is 0 Å². The molecule has 0 spiro atoms. The van der Waals surface area contributed by atoms with Crippen LogP contribution in [0.4, 0.5) is 0 Å². The molecule has 1 heterocycles. The van der Waals surface area contributed by atoms with Crippen LogP contribution in [0.3, 0.4) is 0 Å². The van der Waals surface area contributed by atoms with Crippen molar-refractivity contribution in [2.24, 2.45) is 0 Å². The van der Waals surface area contributed by atoms with E-state index in [1.807, 2.05) is 11.3 Å². The standard InChI is InChI=1S/C43H28S/c1-2-12-29(13-3-1)31-14-10-15-33(28-31)43(39-21-7-4-16-35(39)36-17-5-8-22-40(36)43)32-26-24-30(25-27-32)34-19-11-20-38-37-18-6-9-23-41(37)44-42(34)38/h1-28H. The Bertz CT molecular complexity index is 2280. The summed E-state index contributed by atoms with van der Waals surface area (Å²) in [5.74, 6) is 0. The molecule has 1 aliphatic rings. The maximum Gasteiger partial charge on any atom is 0.0713 e. The Labute approximate surface area is 261 Å². The molecule has 0 saturated heterocycles. The van der Waals surface area contributed by atoms with Gasteiger partial charge in [-0.25, -0.2) is 0 Å². The second-order valence-electron chi connectivity index (χ2n) is 11.6. The first-order valence-corrected chi connectivity index (χ1v) is 16.0. The zero-order valence-electron chi connectivity index (χ0n) is 24.1. The van der Waals surface area contributed by atoms with Crippen LogP contribution in [-0.2, 0) is 5.41 Å². The van der Waals surface area contributed by atoms with Crippen molar-refractivity contribution in [2.45, 2.75) is 5.41 Å². The van der Waals surface area contributed by atoms with Gasteiger partial charge < -0.3 is 0 Å². The molecule has 0 radical (unpaired) electrons. The molecule has 1 aliphatic carbocycles. The highest BCUT2D eigenvalue weighted by atomic mass is 32.1. The van der Waals surface area contributed by atoms with Crippen molar-refractivity contribution in [2.75, 3.05) is 0 Å². The summed E-state index contributed by atoms with van der Waals surface area (Å²) < 4.78 is 2.69. The SMILES string of the molecule is c1ccc(-c2cccc(C3(c4ccc(-c5cccc6c5sc5ccccc56)cc4)c4ccccc4-c4ccccc43)c2)cc1. The zero-order chi connectivity index (χ0) is 29.1. The largest absolute Gasteiger partial charge is 0.135 e. The van der Waals surface area contributed by atoms with E-state index in [0.29, 0.717) is 0 Å². The number of fused-ring (bicyclic) bond motifs is 6. The van der Waals surface area contributed by atoms with E-state index >= 15 is 0 Å². The molecule has 9 rings (SSSR count). The number of hydrogen-bond donors (Lipinski definition) is 0. The molecular formula is C43H28S. The van der Waals surface area contributed by atoms with Gasteiger partial charge in [0.15, 0.2) is 0 Å². The van der Waals surface area contributed by atoms with Gasteiger partial charge in [-0.05, 0) is 67.8 Å². The van der Waals surface area contributed by atoms with Gasteiger partial charge in [-0.15, -0.1) is 11.3 Å². The average molecular weight is 577 g/mol. The van der Waals surface area contributed by atoms with E-state index in [2.05, 4.69) is 170 Å². The molecule has 206 valence electrons. The average Bonchev–Trinajstić information content (AvgIpc) is 3.63. The molecule has 0 atom stereocenters. The van der Waals surface area contributed by atoms with Crippen LogP contribution in [0.25, 0.3) is 53.6 Å². The minimum Gasteiger partial charge on any atom is -0.135 e. The van der Waals surface area contributed by atoms with E-state index in [1.165, 1.54) is 75.8 Å². The van der Waals surface area contributed by atoms with Gasteiger partial charge in [-0.2, -0.15) is 0 Å². The van der Waals surface area contributed by atoms with Crippen LogP contribution in [0.15, 0.2) is 170 Å². The quantitative estimate of drug-likeness (QED) is 0.195. The smallest absolute Gasteiger partial charge is 0.0713 e. The van der Waals surface area contributed by atoms with E-state index in [9.17, 15) is 0 Å². The first-order valence-electron chi connectivity index (χ1n) is 15.2. The third kappa shape index (κ3) is 3.63. The number of rotatable bonds is 4. The number of thiophene rings is 1. The Kier molecular flexibility index (Phi) is 5.69. The van der Waals surface area contributed by atoms with Crippen molar-refractivity contribution in [3.05, 3.63) is 192 Å². The first kappa shape index (κ1) is 25.3. The highest BCUT2D eigenvalue weighted by molar-refractivity contribution is 7.26. The molecule has 44 heavy (non-hydrogen) atoms. The van der Waals surface area contributed by atoms with Gasteiger partial charge in [-0.3, -0.25) is 0 Å². The highest BCUT2D eigenvalue weighted by Gasteiger charge is 2.45. The molecule has 0 N–H and O–H groups in total. The van der Waals surface area contributed by atoms with Gasteiger partial charge in [0.1, 0.15) is 0 Å². The predicted molar refractivity (Wildman–Crippen MR) is 188 cm³/mol. The van der Waals surface area contributed by atoms with E-state index in [-0.39, 0.29) is 0 Å². The molecule has 0 aliphatic heterocycles. The maximum atomic E-state index is 2.40. The van der Waals surface area contributed by atoms with Gasteiger partial charge in [0.2, 0.25) is 0 Å². The summed E-state index contributed by atoms with van der Waals surface area (Å²) in [7, 11) is 0. The molecule has 0 saturated carbocycles. The molecule has 0 fully saturated rings. The van der Waals surface area contributed by atoms with Crippen LogP contribution >= 0.6 is 11.3 Å². The zero-order valence-corrected chi connectivity index (χ0v) is 24.9. The van der Waals surface area contributed by atoms with Crippen LogP contribution in [0.2, 0.25) is 0 Å². The molecule has 1 aromatic heterocycles. The second kappa shape index (κ2) is 9.91. The van der Waals surface area contributed by atoms with Crippen molar-refractivity contribution in [3.63, 3.8) is 0 Å². The molecule has 0 nitrogen and oxygen atoms in total. The van der Waals surface area contributed by atoms with Gasteiger partial charge >= 0.3 is 0 Å². The Hall–Kier alpha value is -5.24. The van der Waals surface area contributed by atoms with Crippen molar-refractivity contribution in [3.8, 4) is 33.4 Å².